The molecular weight excluding hydrogens is 416 g/mol. The Labute approximate surface area is 192 Å². The van der Waals surface area contributed by atoms with Gasteiger partial charge in [0, 0.05) is 23.4 Å². The van der Waals surface area contributed by atoms with E-state index in [0.29, 0.717) is 23.4 Å². The van der Waals surface area contributed by atoms with E-state index >= 15 is 0 Å². The second-order valence-corrected chi connectivity index (χ2v) is 7.97. The van der Waals surface area contributed by atoms with Crippen LogP contribution >= 0.6 is 0 Å². The normalized spacial score (nSPS) is 14.3. The van der Waals surface area contributed by atoms with Crippen molar-refractivity contribution in [3.8, 4) is 5.75 Å². The SMILES string of the molecule is COc1ccc(CNC(=O)NC2CCc3cc(C(=O)C(=N)c4ccccc4N)ccc32)cc1. The Morgan fingerprint density at radius 1 is 1.09 bits per heavy atom. The molecule has 3 aromatic rings. The third kappa shape index (κ3) is 4.87. The number of rotatable bonds is 7. The summed E-state index contributed by atoms with van der Waals surface area (Å²) in [5.74, 6) is 0.398. The van der Waals surface area contributed by atoms with Gasteiger partial charge in [-0.25, -0.2) is 4.79 Å². The van der Waals surface area contributed by atoms with E-state index in [1.807, 2.05) is 36.4 Å². The molecule has 0 aliphatic heterocycles. The van der Waals surface area contributed by atoms with E-state index in [9.17, 15) is 9.59 Å². The number of fused-ring (bicyclic) bond motifs is 1. The molecular formula is C26H26N4O3. The lowest BCUT2D eigenvalue weighted by atomic mass is 9.96. The fourth-order valence-electron chi connectivity index (χ4n) is 4.04. The largest absolute Gasteiger partial charge is 0.497 e. The maximum absolute atomic E-state index is 12.8. The summed E-state index contributed by atoms with van der Waals surface area (Å²) in [5, 5.41) is 14.2. The number of urea groups is 1. The molecule has 0 fully saturated rings. The van der Waals surface area contributed by atoms with Gasteiger partial charge in [0.25, 0.3) is 0 Å². The third-order valence-corrected chi connectivity index (χ3v) is 5.86. The number of hydrogen-bond donors (Lipinski definition) is 4. The molecule has 0 saturated carbocycles. The lowest BCUT2D eigenvalue weighted by molar-refractivity contribution is 0.106. The van der Waals surface area contributed by atoms with E-state index in [4.69, 9.17) is 15.9 Å². The van der Waals surface area contributed by atoms with Crippen molar-refractivity contribution in [3.05, 3.63) is 94.5 Å². The molecule has 0 spiro atoms. The van der Waals surface area contributed by atoms with Gasteiger partial charge in [0.15, 0.2) is 0 Å². The van der Waals surface area contributed by atoms with Gasteiger partial charge in [-0.1, -0.05) is 42.5 Å². The van der Waals surface area contributed by atoms with Crippen molar-refractivity contribution >= 4 is 23.2 Å². The number of nitrogen functional groups attached to an aromatic ring is 1. The molecule has 1 atom stereocenters. The van der Waals surface area contributed by atoms with Crippen LogP contribution in [0.4, 0.5) is 10.5 Å². The van der Waals surface area contributed by atoms with Crippen LogP contribution in [-0.4, -0.2) is 24.6 Å². The maximum Gasteiger partial charge on any atom is 0.315 e. The average molecular weight is 443 g/mol. The van der Waals surface area contributed by atoms with E-state index in [2.05, 4.69) is 10.6 Å². The summed E-state index contributed by atoms with van der Waals surface area (Å²) >= 11 is 0. The van der Waals surface area contributed by atoms with Crippen molar-refractivity contribution in [2.75, 3.05) is 12.8 Å². The highest BCUT2D eigenvalue weighted by atomic mass is 16.5. The molecule has 4 rings (SSSR count). The smallest absolute Gasteiger partial charge is 0.315 e. The Morgan fingerprint density at radius 3 is 2.58 bits per heavy atom. The van der Waals surface area contributed by atoms with Gasteiger partial charge in [0.2, 0.25) is 5.78 Å². The first-order valence-corrected chi connectivity index (χ1v) is 10.7. The Balaban J connectivity index is 1.38. The first-order chi connectivity index (χ1) is 16.0. The monoisotopic (exact) mass is 442 g/mol. The van der Waals surface area contributed by atoms with Gasteiger partial charge in [-0.3, -0.25) is 10.2 Å². The van der Waals surface area contributed by atoms with Crippen LogP contribution in [0, 0.1) is 5.41 Å². The van der Waals surface area contributed by atoms with Crippen molar-refractivity contribution in [3.63, 3.8) is 0 Å². The van der Waals surface area contributed by atoms with E-state index in [-0.39, 0.29) is 23.6 Å². The predicted octanol–water partition coefficient (Wildman–Crippen LogP) is 4.01. The van der Waals surface area contributed by atoms with E-state index < -0.39 is 0 Å². The van der Waals surface area contributed by atoms with Crippen molar-refractivity contribution in [2.24, 2.45) is 0 Å². The minimum absolute atomic E-state index is 0.121. The number of Topliss-reactive ketones (excluding diaryl/α,β-unsaturated/α-hetero) is 1. The molecule has 1 aliphatic carbocycles. The van der Waals surface area contributed by atoms with Gasteiger partial charge >= 0.3 is 6.03 Å². The number of aryl methyl sites for hydroxylation is 1. The number of para-hydroxylation sites is 1. The molecule has 7 heteroatoms. The zero-order valence-corrected chi connectivity index (χ0v) is 18.4. The van der Waals surface area contributed by atoms with E-state index in [1.54, 1.807) is 37.4 Å². The Morgan fingerprint density at radius 2 is 1.85 bits per heavy atom. The second-order valence-electron chi connectivity index (χ2n) is 7.97. The maximum atomic E-state index is 12.8. The van der Waals surface area contributed by atoms with Crippen molar-refractivity contribution in [1.82, 2.24) is 10.6 Å². The summed E-state index contributed by atoms with van der Waals surface area (Å²) in [5.41, 5.74) is 10.1. The van der Waals surface area contributed by atoms with Crippen LogP contribution in [0.1, 0.15) is 45.1 Å². The van der Waals surface area contributed by atoms with Crippen LogP contribution in [0.25, 0.3) is 0 Å². The van der Waals surface area contributed by atoms with Gasteiger partial charge in [-0.15, -0.1) is 0 Å². The third-order valence-electron chi connectivity index (χ3n) is 5.86. The molecule has 7 nitrogen and oxygen atoms in total. The standard InChI is InChI=1S/C26H26N4O3/c1-33-19-10-6-16(7-11-19)15-29-26(32)30-23-13-9-17-14-18(8-12-20(17)23)25(31)24(28)21-4-2-3-5-22(21)27/h2-8,10-12,14,23,28H,9,13,15,27H2,1H3,(H2,29,30,32). The van der Waals surface area contributed by atoms with Gasteiger partial charge in [-0.05, 0) is 53.8 Å². The molecule has 1 unspecified atom stereocenters. The fraction of sp³-hybridized carbons (Fsp3) is 0.192. The first kappa shape index (κ1) is 22.1. The number of methoxy groups -OCH3 is 1. The lowest BCUT2D eigenvalue weighted by Crippen LogP contribution is -2.36. The molecule has 0 saturated heterocycles. The van der Waals surface area contributed by atoms with Crippen LogP contribution < -0.4 is 21.1 Å². The molecule has 168 valence electrons. The number of nitrogens with one attached hydrogen (secondary N) is 3. The Kier molecular flexibility index (Phi) is 6.40. The van der Waals surface area contributed by atoms with Crippen molar-refractivity contribution in [2.45, 2.75) is 25.4 Å². The summed E-state index contributed by atoms with van der Waals surface area (Å²) in [6, 6.07) is 19.4. The van der Waals surface area contributed by atoms with Crippen molar-refractivity contribution in [1.29, 1.82) is 5.41 Å². The second kappa shape index (κ2) is 9.56. The number of nitrogens with two attached hydrogens (primary N) is 1. The van der Waals surface area contributed by atoms with Crippen LogP contribution in [0.3, 0.4) is 0 Å². The molecule has 0 heterocycles. The Hall–Kier alpha value is -4.13. The van der Waals surface area contributed by atoms with E-state index in [0.717, 1.165) is 35.3 Å². The molecule has 1 aliphatic rings. The van der Waals surface area contributed by atoms with Crippen molar-refractivity contribution < 1.29 is 14.3 Å². The number of amides is 2. The number of carbonyl (C=O) groups is 2. The quantitative estimate of drug-likeness (QED) is 0.251. The Bertz CT molecular complexity index is 1200. The van der Waals surface area contributed by atoms with Gasteiger partial charge in [-0.2, -0.15) is 0 Å². The lowest BCUT2D eigenvalue weighted by Gasteiger charge is -2.15. The predicted molar refractivity (Wildman–Crippen MR) is 128 cm³/mol. The number of anilines is 1. The summed E-state index contributed by atoms with van der Waals surface area (Å²) in [7, 11) is 1.61. The summed E-state index contributed by atoms with van der Waals surface area (Å²) in [6.07, 6.45) is 1.51. The minimum Gasteiger partial charge on any atom is -0.497 e. The summed E-state index contributed by atoms with van der Waals surface area (Å²) in [6.45, 7) is 0.410. The highest BCUT2D eigenvalue weighted by Gasteiger charge is 2.26. The molecule has 5 N–H and O–H groups in total. The average Bonchev–Trinajstić information content (AvgIpc) is 3.24. The van der Waals surface area contributed by atoms with Crippen LogP contribution in [0.5, 0.6) is 5.75 Å². The highest BCUT2D eigenvalue weighted by molar-refractivity contribution is 6.51. The van der Waals surface area contributed by atoms with Gasteiger partial charge < -0.3 is 21.1 Å². The summed E-state index contributed by atoms with van der Waals surface area (Å²) in [4.78, 5) is 25.3. The fourth-order valence-corrected chi connectivity index (χ4v) is 4.04. The molecule has 2 amide bonds. The molecule has 0 bridgehead atoms. The molecule has 0 aromatic heterocycles. The number of ketones is 1. The minimum atomic E-state index is -0.371. The van der Waals surface area contributed by atoms with Gasteiger partial charge in [0.05, 0.1) is 13.2 Å². The number of ether oxygens (including phenoxy) is 1. The number of hydrogen-bond acceptors (Lipinski definition) is 5. The van der Waals surface area contributed by atoms with Gasteiger partial charge in [0.1, 0.15) is 11.5 Å². The van der Waals surface area contributed by atoms with Crippen LogP contribution in [0.2, 0.25) is 0 Å². The number of carbonyl (C=O) groups excluding carboxylic acids is 2. The topological polar surface area (TPSA) is 117 Å². The van der Waals surface area contributed by atoms with Crippen LogP contribution in [-0.2, 0) is 13.0 Å². The highest BCUT2D eigenvalue weighted by Crippen LogP contribution is 2.32. The molecule has 3 aromatic carbocycles. The number of benzene rings is 3. The molecule has 33 heavy (non-hydrogen) atoms. The van der Waals surface area contributed by atoms with Crippen LogP contribution in [0.15, 0.2) is 66.7 Å². The zero-order chi connectivity index (χ0) is 23.4. The molecule has 0 radical (unpaired) electrons. The summed E-state index contributed by atoms with van der Waals surface area (Å²) < 4.78 is 5.14. The van der Waals surface area contributed by atoms with E-state index in [1.165, 1.54) is 0 Å². The first-order valence-electron chi connectivity index (χ1n) is 10.7. The zero-order valence-electron chi connectivity index (χ0n) is 18.4.